The number of nitrogen functional groups attached to an aromatic ring is 2. The van der Waals surface area contributed by atoms with Crippen LogP contribution >= 0.6 is 0 Å². The summed E-state index contributed by atoms with van der Waals surface area (Å²) in [6, 6.07) is 16.7. The molecule has 0 aliphatic heterocycles. The van der Waals surface area contributed by atoms with Gasteiger partial charge in [-0.05, 0) is 66.7 Å². The van der Waals surface area contributed by atoms with Crippen molar-refractivity contribution in [2.75, 3.05) is 11.5 Å². The summed E-state index contributed by atoms with van der Waals surface area (Å²) in [4.78, 5) is -0.153. The standard InChI is InChI=1S/C18H16N2O4S2/c19-13-4-8-15(9-5-13)25(21,22)17-2-1-3-18(12-17)26(23,24)16-10-6-14(20)7-11-16/h1-12H,19-20H2. The van der Waals surface area contributed by atoms with Crippen LogP contribution in [0.5, 0.6) is 0 Å². The molecule has 4 N–H and O–H groups in total. The van der Waals surface area contributed by atoms with Crippen molar-refractivity contribution in [3.63, 3.8) is 0 Å². The first-order valence-corrected chi connectivity index (χ1v) is 10.5. The number of hydrogen-bond donors (Lipinski definition) is 2. The van der Waals surface area contributed by atoms with E-state index in [1.165, 1.54) is 66.7 Å². The van der Waals surface area contributed by atoms with Gasteiger partial charge in [0.1, 0.15) is 0 Å². The average molecular weight is 388 g/mol. The van der Waals surface area contributed by atoms with Crippen LogP contribution in [0, 0.1) is 0 Å². The summed E-state index contributed by atoms with van der Waals surface area (Å²) in [6.45, 7) is 0. The van der Waals surface area contributed by atoms with E-state index in [1.54, 1.807) is 0 Å². The fraction of sp³-hybridized carbons (Fsp3) is 0. The van der Waals surface area contributed by atoms with Crippen molar-refractivity contribution in [2.45, 2.75) is 19.6 Å². The van der Waals surface area contributed by atoms with Crippen molar-refractivity contribution >= 4 is 31.0 Å². The molecule has 0 bridgehead atoms. The van der Waals surface area contributed by atoms with Gasteiger partial charge in [0.05, 0.1) is 19.6 Å². The first-order chi connectivity index (χ1) is 12.2. The average Bonchev–Trinajstić information content (AvgIpc) is 2.62. The molecule has 0 saturated carbocycles. The second-order valence-electron chi connectivity index (χ2n) is 5.62. The Morgan fingerprint density at radius 2 is 0.846 bits per heavy atom. The number of anilines is 2. The molecule has 0 atom stereocenters. The molecule has 3 aromatic rings. The minimum absolute atomic E-state index is 0.0359. The summed E-state index contributed by atoms with van der Waals surface area (Å²) >= 11 is 0. The fourth-order valence-corrected chi connectivity index (χ4v) is 5.06. The molecule has 0 heterocycles. The highest BCUT2D eigenvalue weighted by molar-refractivity contribution is 7.92. The first kappa shape index (κ1) is 18.0. The van der Waals surface area contributed by atoms with Gasteiger partial charge >= 0.3 is 0 Å². The molecule has 0 unspecified atom stereocenters. The first-order valence-electron chi connectivity index (χ1n) is 7.52. The zero-order valence-electron chi connectivity index (χ0n) is 13.5. The van der Waals surface area contributed by atoms with Gasteiger partial charge < -0.3 is 11.5 Å². The van der Waals surface area contributed by atoms with Gasteiger partial charge in [-0.15, -0.1) is 0 Å². The smallest absolute Gasteiger partial charge is 0.206 e. The molecule has 0 aliphatic rings. The molecule has 134 valence electrons. The maximum Gasteiger partial charge on any atom is 0.206 e. The molecule has 0 fully saturated rings. The van der Waals surface area contributed by atoms with Crippen LogP contribution in [0.1, 0.15) is 0 Å². The van der Waals surface area contributed by atoms with Crippen LogP contribution in [0.25, 0.3) is 0 Å². The summed E-state index contributed by atoms with van der Waals surface area (Å²) in [7, 11) is -7.73. The van der Waals surface area contributed by atoms with Crippen molar-refractivity contribution in [3.05, 3.63) is 72.8 Å². The Labute approximate surface area is 151 Å². The second-order valence-corrected chi connectivity index (χ2v) is 9.52. The quantitative estimate of drug-likeness (QED) is 0.663. The molecular weight excluding hydrogens is 372 g/mol. The maximum absolute atomic E-state index is 12.8. The van der Waals surface area contributed by atoms with Gasteiger partial charge in [0.2, 0.25) is 19.7 Å². The van der Waals surface area contributed by atoms with Crippen molar-refractivity contribution in [1.29, 1.82) is 0 Å². The summed E-state index contributed by atoms with van der Waals surface area (Å²) in [5, 5.41) is 0. The van der Waals surface area contributed by atoms with Gasteiger partial charge in [-0.2, -0.15) is 0 Å². The molecule has 0 radical (unpaired) electrons. The van der Waals surface area contributed by atoms with Crippen molar-refractivity contribution in [1.82, 2.24) is 0 Å². The van der Waals surface area contributed by atoms with Gasteiger partial charge in [0, 0.05) is 11.4 Å². The highest BCUT2D eigenvalue weighted by atomic mass is 32.2. The lowest BCUT2D eigenvalue weighted by Gasteiger charge is -2.09. The minimum atomic E-state index is -3.87. The molecule has 0 saturated heterocycles. The van der Waals surface area contributed by atoms with E-state index >= 15 is 0 Å². The zero-order valence-corrected chi connectivity index (χ0v) is 15.2. The molecule has 0 amide bonds. The van der Waals surface area contributed by atoms with E-state index in [0.717, 1.165) is 6.07 Å². The largest absolute Gasteiger partial charge is 0.399 e. The monoisotopic (exact) mass is 388 g/mol. The second kappa shape index (κ2) is 6.47. The molecule has 6 nitrogen and oxygen atoms in total. The predicted octanol–water partition coefficient (Wildman–Crippen LogP) is 2.52. The lowest BCUT2D eigenvalue weighted by atomic mass is 10.3. The Morgan fingerprint density at radius 1 is 0.500 bits per heavy atom. The molecule has 3 rings (SSSR count). The summed E-state index contributed by atoms with van der Waals surface area (Å²) in [5.74, 6) is 0. The normalized spacial score (nSPS) is 12.0. The topological polar surface area (TPSA) is 120 Å². The van der Waals surface area contributed by atoms with Crippen LogP contribution < -0.4 is 11.5 Å². The molecule has 8 heteroatoms. The Morgan fingerprint density at radius 3 is 1.19 bits per heavy atom. The highest BCUT2D eigenvalue weighted by Gasteiger charge is 2.22. The van der Waals surface area contributed by atoms with Crippen molar-refractivity contribution < 1.29 is 16.8 Å². The molecule has 26 heavy (non-hydrogen) atoms. The molecule has 3 aromatic carbocycles. The van der Waals surface area contributed by atoms with E-state index in [2.05, 4.69) is 0 Å². The van der Waals surface area contributed by atoms with Gasteiger partial charge in [-0.1, -0.05) is 6.07 Å². The van der Waals surface area contributed by atoms with Gasteiger partial charge in [-0.25, -0.2) is 16.8 Å². The number of sulfone groups is 2. The van der Waals surface area contributed by atoms with Gasteiger partial charge in [0.15, 0.2) is 0 Å². The fourth-order valence-electron chi connectivity index (χ4n) is 2.37. The SMILES string of the molecule is Nc1ccc(S(=O)(=O)c2cccc(S(=O)(=O)c3ccc(N)cc3)c2)cc1. The van der Waals surface area contributed by atoms with Crippen molar-refractivity contribution in [2.24, 2.45) is 0 Å². The number of benzene rings is 3. The maximum atomic E-state index is 12.8. The van der Waals surface area contributed by atoms with Gasteiger partial charge in [0.25, 0.3) is 0 Å². The Hall–Kier alpha value is -2.84. The van der Waals surface area contributed by atoms with Crippen LogP contribution in [0.3, 0.4) is 0 Å². The highest BCUT2D eigenvalue weighted by Crippen LogP contribution is 2.27. The van der Waals surface area contributed by atoms with E-state index in [0.29, 0.717) is 11.4 Å². The lowest BCUT2D eigenvalue weighted by Crippen LogP contribution is -2.06. The third kappa shape index (κ3) is 3.29. The third-order valence-electron chi connectivity index (χ3n) is 3.81. The summed E-state index contributed by atoms with van der Waals surface area (Å²) < 4.78 is 51.0. The van der Waals surface area contributed by atoms with Crippen molar-refractivity contribution in [3.8, 4) is 0 Å². The summed E-state index contributed by atoms with van der Waals surface area (Å²) in [5.41, 5.74) is 12.0. The van der Waals surface area contributed by atoms with Crippen LogP contribution in [-0.2, 0) is 19.7 Å². The Kier molecular flexibility index (Phi) is 4.47. The molecule has 0 aliphatic carbocycles. The van der Waals surface area contributed by atoms with Crippen LogP contribution in [-0.4, -0.2) is 16.8 Å². The predicted molar refractivity (Wildman–Crippen MR) is 99.1 cm³/mol. The number of nitrogens with two attached hydrogens (primary N) is 2. The van der Waals surface area contributed by atoms with E-state index in [4.69, 9.17) is 11.5 Å². The van der Waals surface area contributed by atoms with E-state index in [1.807, 2.05) is 0 Å². The lowest BCUT2D eigenvalue weighted by molar-refractivity contribution is 0.594. The van der Waals surface area contributed by atoms with E-state index in [9.17, 15) is 16.8 Å². The van der Waals surface area contributed by atoms with Gasteiger partial charge in [-0.3, -0.25) is 0 Å². The third-order valence-corrected chi connectivity index (χ3v) is 7.34. The Balaban J connectivity index is 2.08. The van der Waals surface area contributed by atoms with Crippen LogP contribution in [0.4, 0.5) is 11.4 Å². The Bertz CT molecular complexity index is 1060. The van der Waals surface area contributed by atoms with E-state index in [-0.39, 0.29) is 19.6 Å². The van der Waals surface area contributed by atoms with Crippen LogP contribution in [0.15, 0.2) is 92.4 Å². The number of rotatable bonds is 4. The minimum Gasteiger partial charge on any atom is -0.399 e. The summed E-state index contributed by atoms with van der Waals surface area (Å²) in [6.07, 6.45) is 0. The molecular formula is C18H16N2O4S2. The van der Waals surface area contributed by atoms with Crippen LogP contribution in [0.2, 0.25) is 0 Å². The molecule has 0 spiro atoms. The number of hydrogen-bond acceptors (Lipinski definition) is 6. The van der Waals surface area contributed by atoms with E-state index < -0.39 is 19.7 Å². The zero-order chi connectivity index (χ0) is 18.9. The molecule has 0 aromatic heterocycles.